The molecule has 0 bridgehead atoms. The third-order valence-electron chi connectivity index (χ3n) is 1.61. The lowest BCUT2D eigenvalue weighted by Gasteiger charge is -2.20. The lowest BCUT2D eigenvalue weighted by molar-refractivity contribution is 0.280. The molecule has 0 aromatic carbocycles. The number of nitrogens with zero attached hydrogens (tertiary/aromatic N) is 3. The van der Waals surface area contributed by atoms with Gasteiger partial charge in [0.2, 0.25) is 0 Å². The third-order valence-corrected chi connectivity index (χ3v) is 1.61. The van der Waals surface area contributed by atoms with Crippen LogP contribution in [0, 0.1) is 0 Å². The van der Waals surface area contributed by atoms with Crippen molar-refractivity contribution in [3.63, 3.8) is 0 Å². The summed E-state index contributed by atoms with van der Waals surface area (Å²) in [5.74, 6) is 0.672. The normalized spacial score (nSPS) is 10.0. The van der Waals surface area contributed by atoms with Crippen LogP contribution < -0.4 is 4.90 Å². The lowest BCUT2D eigenvalue weighted by Crippen LogP contribution is -2.30. The molecule has 13 heavy (non-hydrogen) atoms. The van der Waals surface area contributed by atoms with Gasteiger partial charge in [-0.05, 0) is 0 Å². The van der Waals surface area contributed by atoms with Gasteiger partial charge in [-0.1, -0.05) is 0 Å². The highest BCUT2D eigenvalue weighted by Gasteiger charge is 2.05. The summed E-state index contributed by atoms with van der Waals surface area (Å²) in [5, 5.41) is 17.5. The van der Waals surface area contributed by atoms with Crippen LogP contribution in [-0.2, 0) is 0 Å². The van der Waals surface area contributed by atoms with Crippen molar-refractivity contribution in [3.8, 4) is 0 Å². The molecule has 0 atom stereocenters. The molecule has 1 aromatic rings. The molecule has 0 unspecified atom stereocenters. The molecule has 0 saturated carbocycles. The van der Waals surface area contributed by atoms with Crippen molar-refractivity contribution in [2.45, 2.75) is 0 Å². The Hall–Kier alpha value is -1.20. The number of anilines is 1. The van der Waals surface area contributed by atoms with E-state index in [0.717, 1.165) is 0 Å². The Kier molecular flexibility index (Phi) is 4.14. The smallest absolute Gasteiger partial charge is 0.147 e. The highest BCUT2D eigenvalue weighted by Crippen LogP contribution is 2.05. The van der Waals surface area contributed by atoms with Gasteiger partial charge in [-0.3, -0.25) is 4.98 Å². The summed E-state index contributed by atoms with van der Waals surface area (Å²) in [5.41, 5.74) is 0. The molecule has 0 saturated heterocycles. The van der Waals surface area contributed by atoms with E-state index in [9.17, 15) is 0 Å². The summed E-state index contributed by atoms with van der Waals surface area (Å²) in [4.78, 5) is 9.73. The monoisotopic (exact) mass is 183 g/mol. The quantitative estimate of drug-likeness (QED) is 0.629. The maximum atomic E-state index is 8.75. The van der Waals surface area contributed by atoms with E-state index in [-0.39, 0.29) is 13.2 Å². The van der Waals surface area contributed by atoms with Gasteiger partial charge in [0.25, 0.3) is 0 Å². The van der Waals surface area contributed by atoms with Crippen LogP contribution in [0.1, 0.15) is 0 Å². The Morgan fingerprint density at radius 1 is 1.15 bits per heavy atom. The maximum absolute atomic E-state index is 8.75. The summed E-state index contributed by atoms with van der Waals surface area (Å²) in [6, 6.07) is 0. The van der Waals surface area contributed by atoms with Gasteiger partial charge in [-0.15, -0.1) is 0 Å². The van der Waals surface area contributed by atoms with Crippen molar-refractivity contribution in [2.24, 2.45) is 0 Å². The minimum atomic E-state index is 0.0383. The van der Waals surface area contributed by atoms with E-state index in [1.165, 1.54) is 0 Å². The summed E-state index contributed by atoms with van der Waals surface area (Å²) >= 11 is 0. The van der Waals surface area contributed by atoms with Gasteiger partial charge in [0.05, 0.1) is 19.4 Å². The minimum Gasteiger partial charge on any atom is -0.395 e. The summed E-state index contributed by atoms with van der Waals surface area (Å²) in [7, 11) is 0. The van der Waals surface area contributed by atoms with Crippen LogP contribution in [0.2, 0.25) is 0 Å². The number of aliphatic hydroxyl groups excluding tert-OH is 2. The number of hydrogen-bond acceptors (Lipinski definition) is 5. The summed E-state index contributed by atoms with van der Waals surface area (Å²) < 4.78 is 0. The average molecular weight is 183 g/mol. The number of rotatable bonds is 5. The standard InChI is InChI=1S/C8H13N3O2/c12-5-3-11(4-6-13)8-7-9-1-2-10-8/h1-2,7,12-13H,3-6H2. The maximum Gasteiger partial charge on any atom is 0.147 e. The second-order valence-corrected chi connectivity index (χ2v) is 2.50. The van der Waals surface area contributed by atoms with E-state index in [2.05, 4.69) is 9.97 Å². The van der Waals surface area contributed by atoms with Gasteiger partial charge in [-0.25, -0.2) is 4.98 Å². The SMILES string of the molecule is OCCN(CCO)c1cnccn1. The highest BCUT2D eigenvalue weighted by molar-refractivity contribution is 5.34. The van der Waals surface area contributed by atoms with Gasteiger partial charge in [0.1, 0.15) is 5.82 Å². The molecule has 1 aromatic heterocycles. The first-order valence-corrected chi connectivity index (χ1v) is 4.11. The first-order chi connectivity index (χ1) is 6.38. The van der Waals surface area contributed by atoms with Gasteiger partial charge >= 0.3 is 0 Å². The van der Waals surface area contributed by atoms with Crippen LogP contribution in [0.3, 0.4) is 0 Å². The van der Waals surface area contributed by atoms with Crippen LogP contribution in [-0.4, -0.2) is 46.5 Å². The topological polar surface area (TPSA) is 69.5 Å². The molecule has 1 heterocycles. The molecule has 1 rings (SSSR count). The van der Waals surface area contributed by atoms with Gasteiger partial charge in [-0.2, -0.15) is 0 Å². The van der Waals surface area contributed by atoms with Crippen LogP contribution in [0.5, 0.6) is 0 Å². The molecule has 0 fully saturated rings. The highest BCUT2D eigenvalue weighted by atomic mass is 16.3. The second kappa shape index (κ2) is 5.45. The van der Waals surface area contributed by atoms with Crippen LogP contribution >= 0.6 is 0 Å². The molecule has 0 aliphatic rings. The van der Waals surface area contributed by atoms with Crippen LogP contribution in [0.4, 0.5) is 5.82 Å². The number of aliphatic hydroxyl groups is 2. The Morgan fingerprint density at radius 2 is 1.85 bits per heavy atom. The van der Waals surface area contributed by atoms with Crippen LogP contribution in [0.15, 0.2) is 18.6 Å². The molecule has 5 nitrogen and oxygen atoms in total. The zero-order valence-electron chi connectivity index (χ0n) is 7.30. The predicted molar refractivity (Wildman–Crippen MR) is 48.4 cm³/mol. The lowest BCUT2D eigenvalue weighted by atomic mass is 10.4. The van der Waals surface area contributed by atoms with Crippen molar-refractivity contribution in [1.82, 2.24) is 9.97 Å². The molecule has 0 amide bonds. The molecular weight excluding hydrogens is 170 g/mol. The van der Waals surface area contributed by atoms with Crippen molar-refractivity contribution in [1.29, 1.82) is 0 Å². The Morgan fingerprint density at radius 3 is 2.31 bits per heavy atom. The predicted octanol–water partition coefficient (Wildman–Crippen LogP) is -0.732. The Bertz CT molecular complexity index is 224. The van der Waals surface area contributed by atoms with E-state index >= 15 is 0 Å². The molecule has 0 radical (unpaired) electrons. The van der Waals surface area contributed by atoms with Gasteiger partial charge in [0, 0.05) is 25.5 Å². The molecule has 0 aliphatic carbocycles. The fourth-order valence-electron chi connectivity index (χ4n) is 1.04. The Balaban J connectivity index is 2.64. The summed E-state index contributed by atoms with van der Waals surface area (Å²) in [6.07, 6.45) is 4.77. The minimum absolute atomic E-state index is 0.0383. The largest absolute Gasteiger partial charge is 0.395 e. The van der Waals surface area contributed by atoms with E-state index in [1.54, 1.807) is 23.5 Å². The molecule has 2 N–H and O–H groups in total. The fourth-order valence-corrected chi connectivity index (χ4v) is 1.04. The van der Waals surface area contributed by atoms with E-state index in [0.29, 0.717) is 18.9 Å². The fraction of sp³-hybridized carbons (Fsp3) is 0.500. The van der Waals surface area contributed by atoms with Gasteiger partial charge in [0.15, 0.2) is 0 Å². The second-order valence-electron chi connectivity index (χ2n) is 2.50. The molecular formula is C8H13N3O2. The van der Waals surface area contributed by atoms with E-state index in [1.807, 2.05) is 0 Å². The van der Waals surface area contributed by atoms with Crippen molar-refractivity contribution >= 4 is 5.82 Å². The van der Waals surface area contributed by atoms with E-state index in [4.69, 9.17) is 10.2 Å². The molecule has 72 valence electrons. The first-order valence-electron chi connectivity index (χ1n) is 4.11. The molecule has 0 aliphatic heterocycles. The molecule has 5 heteroatoms. The van der Waals surface area contributed by atoms with Crippen molar-refractivity contribution in [2.75, 3.05) is 31.2 Å². The molecule has 0 spiro atoms. The van der Waals surface area contributed by atoms with E-state index < -0.39 is 0 Å². The average Bonchev–Trinajstić information content (AvgIpc) is 2.19. The number of hydrogen-bond donors (Lipinski definition) is 2. The van der Waals surface area contributed by atoms with Crippen molar-refractivity contribution < 1.29 is 10.2 Å². The number of aromatic nitrogens is 2. The first kappa shape index (κ1) is 9.88. The Labute approximate surface area is 76.7 Å². The van der Waals surface area contributed by atoms with Gasteiger partial charge < -0.3 is 15.1 Å². The zero-order chi connectivity index (χ0) is 9.52. The van der Waals surface area contributed by atoms with Crippen molar-refractivity contribution in [3.05, 3.63) is 18.6 Å². The summed E-state index contributed by atoms with van der Waals surface area (Å²) in [6.45, 7) is 0.992. The van der Waals surface area contributed by atoms with Crippen LogP contribution in [0.25, 0.3) is 0 Å². The zero-order valence-corrected chi connectivity index (χ0v) is 7.30. The third kappa shape index (κ3) is 2.96.